The lowest BCUT2D eigenvalue weighted by Gasteiger charge is -2.17. The summed E-state index contributed by atoms with van der Waals surface area (Å²) in [6, 6.07) is 0. The van der Waals surface area contributed by atoms with Crippen LogP contribution in [-0.4, -0.2) is 21.2 Å². The molecule has 0 amide bonds. The van der Waals surface area contributed by atoms with Crippen molar-refractivity contribution in [3.63, 3.8) is 0 Å². The lowest BCUT2D eigenvalue weighted by atomic mass is 10.0. The Morgan fingerprint density at radius 3 is 2.92 bits per heavy atom. The van der Waals surface area contributed by atoms with Gasteiger partial charge in [-0.2, -0.15) is 0 Å². The van der Waals surface area contributed by atoms with E-state index in [1.807, 2.05) is 0 Å². The summed E-state index contributed by atoms with van der Waals surface area (Å²) in [5.41, 5.74) is -1.35. The van der Waals surface area contributed by atoms with Crippen LogP contribution in [-0.2, 0) is 10.4 Å². The summed E-state index contributed by atoms with van der Waals surface area (Å²) in [5.74, 6) is -1.03. The van der Waals surface area contributed by atoms with Crippen molar-refractivity contribution < 1.29 is 15.0 Å². The molecule has 66 valence electrons. The number of carbonyl (C=O) groups is 1. The molecule has 0 aliphatic rings. The second-order valence-corrected chi connectivity index (χ2v) is 3.58. The van der Waals surface area contributed by atoms with Crippen LogP contribution in [0.3, 0.4) is 0 Å². The Balaban J connectivity index is 2.79. The van der Waals surface area contributed by atoms with Crippen molar-refractivity contribution >= 4 is 17.3 Å². The molecule has 0 radical (unpaired) electrons. The van der Waals surface area contributed by atoms with E-state index in [0.29, 0.717) is 5.01 Å². The van der Waals surface area contributed by atoms with E-state index in [1.54, 1.807) is 5.38 Å². The van der Waals surface area contributed by atoms with E-state index in [2.05, 4.69) is 4.98 Å². The molecule has 0 saturated carbocycles. The van der Waals surface area contributed by atoms with Crippen molar-refractivity contribution in [1.29, 1.82) is 0 Å². The molecule has 0 aliphatic carbocycles. The summed E-state index contributed by atoms with van der Waals surface area (Å²) in [6.07, 6.45) is 1.22. The number of aliphatic carboxylic acids is 1. The number of aromatic nitrogens is 1. The summed E-state index contributed by atoms with van der Waals surface area (Å²) >= 11 is 1.25. The Morgan fingerprint density at radius 1 is 1.83 bits per heavy atom. The lowest BCUT2D eigenvalue weighted by Crippen LogP contribution is -2.24. The van der Waals surface area contributed by atoms with Gasteiger partial charge < -0.3 is 10.2 Å². The Bertz CT molecular complexity index is 268. The first-order chi connectivity index (χ1) is 5.52. The third-order valence-electron chi connectivity index (χ3n) is 1.39. The summed E-state index contributed by atoms with van der Waals surface area (Å²) < 4.78 is 0. The summed E-state index contributed by atoms with van der Waals surface area (Å²) in [4.78, 5) is 14.2. The molecule has 0 fully saturated rings. The summed E-state index contributed by atoms with van der Waals surface area (Å²) in [5, 5.41) is 20.2. The van der Waals surface area contributed by atoms with Gasteiger partial charge in [-0.3, -0.25) is 4.79 Å². The molecule has 12 heavy (non-hydrogen) atoms. The third-order valence-corrected chi connectivity index (χ3v) is 2.41. The highest BCUT2D eigenvalue weighted by molar-refractivity contribution is 7.09. The van der Waals surface area contributed by atoms with Crippen LogP contribution in [0, 0.1) is 0 Å². The quantitative estimate of drug-likeness (QED) is 0.735. The molecule has 1 atom stereocenters. The number of carboxylic acid groups (broad SMARTS) is 1. The zero-order valence-electron chi connectivity index (χ0n) is 6.52. The maximum atomic E-state index is 10.3. The minimum Gasteiger partial charge on any atom is -0.481 e. The van der Waals surface area contributed by atoms with Crippen molar-refractivity contribution in [2.45, 2.75) is 18.9 Å². The Labute approximate surface area is 73.5 Å². The van der Waals surface area contributed by atoms with Gasteiger partial charge in [-0.25, -0.2) is 4.98 Å². The standard InChI is InChI=1S/C7H9NO3S/c1-7(11,4-5(9)10)6-8-2-3-12-6/h2-3,11H,4H2,1H3,(H,9,10). The van der Waals surface area contributed by atoms with E-state index in [1.165, 1.54) is 24.5 Å². The molecule has 0 bridgehead atoms. The van der Waals surface area contributed by atoms with Crippen molar-refractivity contribution in [1.82, 2.24) is 4.98 Å². The van der Waals surface area contributed by atoms with E-state index in [-0.39, 0.29) is 6.42 Å². The first kappa shape index (κ1) is 9.15. The molecule has 5 heteroatoms. The van der Waals surface area contributed by atoms with Gasteiger partial charge in [0.25, 0.3) is 0 Å². The zero-order valence-corrected chi connectivity index (χ0v) is 7.34. The molecule has 1 heterocycles. The van der Waals surface area contributed by atoms with Gasteiger partial charge in [-0.05, 0) is 6.92 Å². The molecule has 1 rings (SSSR count). The van der Waals surface area contributed by atoms with Crippen molar-refractivity contribution in [2.75, 3.05) is 0 Å². The van der Waals surface area contributed by atoms with E-state index >= 15 is 0 Å². The zero-order chi connectivity index (χ0) is 9.19. The number of rotatable bonds is 3. The van der Waals surface area contributed by atoms with E-state index in [9.17, 15) is 9.90 Å². The summed E-state index contributed by atoms with van der Waals surface area (Å²) in [6.45, 7) is 1.44. The highest BCUT2D eigenvalue weighted by Gasteiger charge is 2.28. The predicted octanol–water partition coefficient (Wildman–Crippen LogP) is 0.825. The van der Waals surface area contributed by atoms with Crippen LogP contribution in [0.2, 0.25) is 0 Å². The molecule has 4 nitrogen and oxygen atoms in total. The number of hydrogen-bond donors (Lipinski definition) is 2. The maximum absolute atomic E-state index is 10.3. The number of thiazole rings is 1. The third kappa shape index (κ3) is 2.02. The molecule has 0 saturated heterocycles. The lowest BCUT2D eigenvalue weighted by molar-refractivity contribution is -0.142. The van der Waals surface area contributed by atoms with Gasteiger partial charge in [0.15, 0.2) is 0 Å². The van der Waals surface area contributed by atoms with E-state index in [4.69, 9.17) is 5.11 Å². The number of carboxylic acids is 1. The van der Waals surface area contributed by atoms with Gasteiger partial charge in [0.2, 0.25) is 0 Å². The second-order valence-electron chi connectivity index (χ2n) is 2.68. The van der Waals surface area contributed by atoms with Crippen molar-refractivity contribution in [2.24, 2.45) is 0 Å². The highest BCUT2D eigenvalue weighted by atomic mass is 32.1. The van der Waals surface area contributed by atoms with Crippen molar-refractivity contribution in [3.8, 4) is 0 Å². The van der Waals surface area contributed by atoms with Crippen LogP contribution in [0.4, 0.5) is 0 Å². The average Bonchev–Trinajstić information content (AvgIpc) is 2.32. The van der Waals surface area contributed by atoms with Crippen LogP contribution in [0.15, 0.2) is 11.6 Å². The minimum atomic E-state index is -1.35. The molecular formula is C7H9NO3S. The van der Waals surface area contributed by atoms with Gasteiger partial charge >= 0.3 is 5.97 Å². The smallest absolute Gasteiger partial charge is 0.306 e. The normalized spacial score (nSPS) is 15.5. The Morgan fingerprint density at radius 2 is 2.50 bits per heavy atom. The molecule has 1 unspecified atom stereocenters. The first-order valence-corrected chi connectivity index (χ1v) is 4.24. The SMILES string of the molecule is CC(O)(CC(=O)O)c1nccs1. The fraction of sp³-hybridized carbons (Fsp3) is 0.429. The largest absolute Gasteiger partial charge is 0.481 e. The number of aliphatic hydroxyl groups is 1. The molecular weight excluding hydrogens is 178 g/mol. The molecule has 0 aliphatic heterocycles. The predicted molar refractivity (Wildman–Crippen MR) is 43.9 cm³/mol. The Kier molecular flexibility index (Phi) is 2.44. The minimum absolute atomic E-state index is 0.319. The first-order valence-electron chi connectivity index (χ1n) is 3.36. The van der Waals surface area contributed by atoms with E-state index in [0.717, 1.165) is 0 Å². The number of nitrogens with zero attached hydrogens (tertiary/aromatic N) is 1. The fourth-order valence-electron chi connectivity index (χ4n) is 0.860. The van der Waals surface area contributed by atoms with Crippen molar-refractivity contribution in [3.05, 3.63) is 16.6 Å². The van der Waals surface area contributed by atoms with Crippen LogP contribution >= 0.6 is 11.3 Å². The van der Waals surface area contributed by atoms with Crippen LogP contribution in [0.5, 0.6) is 0 Å². The van der Waals surface area contributed by atoms with E-state index < -0.39 is 11.6 Å². The van der Waals surface area contributed by atoms with Crippen LogP contribution in [0.25, 0.3) is 0 Å². The molecule has 1 aromatic heterocycles. The van der Waals surface area contributed by atoms with Gasteiger partial charge in [-0.15, -0.1) is 11.3 Å². The van der Waals surface area contributed by atoms with Crippen LogP contribution in [0.1, 0.15) is 18.4 Å². The topological polar surface area (TPSA) is 70.4 Å². The second kappa shape index (κ2) is 3.20. The fourth-order valence-corrected chi connectivity index (χ4v) is 1.56. The average molecular weight is 187 g/mol. The van der Waals surface area contributed by atoms with Crippen LogP contribution < -0.4 is 0 Å². The van der Waals surface area contributed by atoms with Gasteiger partial charge in [0.1, 0.15) is 10.6 Å². The molecule has 0 aromatic carbocycles. The molecule has 1 aromatic rings. The monoisotopic (exact) mass is 187 g/mol. The van der Waals surface area contributed by atoms with Gasteiger partial charge in [0, 0.05) is 11.6 Å². The highest BCUT2D eigenvalue weighted by Crippen LogP contribution is 2.25. The maximum Gasteiger partial charge on any atom is 0.306 e. The van der Waals surface area contributed by atoms with Gasteiger partial charge in [0.05, 0.1) is 6.42 Å². The molecule has 2 N–H and O–H groups in total. The summed E-state index contributed by atoms with van der Waals surface area (Å²) in [7, 11) is 0. The Hall–Kier alpha value is -0.940. The molecule has 0 spiro atoms. The van der Waals surface area contributed by atoms with Gasteiger partial charge in [-0.1, -0.05) is 0 Å². The number of hydrogen-bond acceptors (Lipinski definition) is 4.